The van der Waals surface area contributed by atoms with Gasteiger partial charge in [-0.3, -0.25) is 4.55 Å². The Morgan fingerprint density at radius 1 is 0.707 bits per heavy atom. The Hall–Kier alpha value is -1.82. The molecule has 0 unspecified atom stereocenters. The van der Waals surface area contributed by atoms with E-state index in [0.29, 0.717) is 36.8 Å². The largest absolute Gasteiger partial charge is 0.438 e. The third kappa shape index (κ3) is 7.22. The standard InChI is InChI=1S/C29H38F6O5S/c30-28(31,32)27(29(33,34)35,18-41(37,38)39)40-26(36)25-23(20-12-6-2-7-13-20)16-22(19-10-4-1-5-11-19)17-24(25)21-14-8-3-9-15-21/h16-17,19-21H,1-15,18H2,(H,37,38,39). The minimum atomic E-state index is -6.37. The summed E-state index contributed by atoms with van der Waals surface area (Å²) in [6.07, 6.45) is -0.139. The smallest absolute Gasteiger partial charge is 0.435 e. The summed E-state index contributed by atoms with van der Waals surface area (Å²) in [6.45, 7) is 0. The monoisotopic (exact) mass is 612 g/mol. The van der Waals surface area contributed by atoms with Crippen LogP contribution < -0.4 is 0 Å². The van der Waals surface area contributed by atoms with Gasteiger partial charge in [-0.25, -0.2) is 4.79 Å². The highest BCUT2D eigenvalue weighted by atomic mass is 32.2. The maximum Gasteiger partial charge on any atom is 0.438 e. The SMILES string of the molecule is O=C(OC(CS(=O)(=O)O)(C(F)(F)F)C(F)(F)F)c1c(C2CCCCC2)cc(C2CCCCC2)cc1C1CCCCC1. The second-order valence-electron chi connectivity index (χ2n) is 12.0. The lowest BCUT2D eigenvalue weighted by Crippen LogP contribution is -2.63. The van der Waals surface area contributed by atoms with Crippen LogP contribution in [0.1, 0.15) is 141 Å². The van der Waals surface area contributed by atoms with Crippen molar-refractivity contribution in [1.29, 1.82) is 0 Å². The molecule has 1 aromatic rings. The fraction of sp³-hybridized carbons (Fsp3) is 0.759. The van der Waals surface area contributed by atoms with Crippen LogP contribution in [0.25, 0.3) is 0 Å². The fourth-order valence-corrected chi connectivity index (χ4v) is 7.93. The molecule has 1 N–H and O–H groups in total. The average Bonchev–Trinajstić information content (AvgIpc) is 2.91. The molecule has 0 aromatic heterocycles. The van der Waals surface area contributed by atoms with Crippen LogP contribution in [0.4, 0.5) is 26.3 Å². The number of carbonyl (C=O) groups is 1. The highest BCUT2D eigenvalue weighted by molar-refractivity contribution is 7.85. The molecule has 0 radical (unpaired) electrons. The first-order chi connectivity index (χ1) is 19.1. The molecule has 3 fully saturated rings. The topological polar surface area (TPSA) is 80.7 Å². The first kappa shape index (κ1) is 32.1. The first-order valence-electron chi connectivity index (χ1n) is 14.6. The van der Waals surface area contributed by atoms with Gasteiger partial charge in [-0.2, -0.15) is 34.8 Å². The number of hydrogen-bond acceptors (Lipinski definition) is 4. The normalized spacial score (nSPS) is 21.1. The van der Waals surface area contributed by atoms with E-state index in [2.05, 4.69) is 4.74 Å². The van der Waals surface area contributed by atoms with Crippen LogP contribution in [-0.4, -0.2) is 42.6 Å². The van der Waals surface area contributed by atoms with Crippen molar-refractivity contribution in [3.63, 3.8) is 0 Å². The molecule has 12 heteroatoms. The van der Waals surface area contributed by atoms with Gasteiger partial charge in [-0.1, -0.05) is 69.9 Å². The molecule has 0 spiro atoms. The Balaban J connectivity index is 1.91. The van der Waals surface area contributed by atoms with Gasteiger partial charge in [0.2, 0.25) is 0 Å². The zero-order valence-electron chi connectivity index (χ0n) is 23.0. The summed E-state index contributed by atoms with van der Waals surface area (Å²) < 4.78 is 121. The summed E-state index contributed by atoms with van der Waals surface area (Å²) >= 11 is 0. The molecule has 5 nitrogen and oxygen atoms in total. The lowest BCUT2D eigenvalue weighted by molar-refractivity contribution is -0.356. The van der Waals surface area contributed by atoms with E-state index in [1.54, 1.807) is 12.1 Å². The third-order valence-electron chi connectivity index (χ3n) is 9.16. The van der Waals surface area contributed by atoms with Gasteiger partial charge in [0.1, 0.15) is 5.75 Å². The van der Waals surface area contributed by atoms with Crippen molar-refractivity contribution in [3.05, 3.63) is 34.4 Å². The average molecular weight is 613 g/mol. The highest BCUT2D eigenvalue weighted by Crippen LogP contribution is 2.49. The summed E-state index contributed by atoms with van der Waals surface area (Å²) in [4.78, 5) is 13.8. The van der Waals surface area contributed by atoms with Crippen LogP contribution in [0.2, 0.25) is 0 Å². The van der Waals surface area contributed by atoms with Crippen LogP contribution in [0.3, 0.4) is 0 Å². The minimum Gasteiger partial charge on any atom is -0.435 e. The fourth-order valence-electron chi connectivity index (χ4n) is 7.03. The highest BCUT2D eigenvalue weighted by Gasteiger charge is 2.76. The summed E-state index contributed by atoms with van der Waals surface area (Å²) in [7, 11) is -5.88. The Kier molecular flexibility index (Phi) is 9.73. The van der Waals surface area contributed by atoms with Gasteiger partial charge in [0.05, 0.1) is 5.56 Å². The maximum atomic E-state index is 14.1. The zero-order valence-corrected chi connectivity index (χ0v) is 23.8. The molecule has 0 aliphatic heterocycles. The number of carbonyl (C=O) groups excluding carboxylic acids is 1. The Labute approximate surface area is 237 Å². The van der Waals surface area contributed by atoms with Gasteiger partial charge in [0.25, 0.3) is 10.1 Å². The second-order valence-corrected chi connectivity index (χ2v) is 13.5. The number of rotatable bonds is 7. The molecular weight excluding hydrogens is 574 g/mol. The van der Waals surface area contributed by atoms with Crippen LogP contribution in [0, 0.1) is 0 Å². The van der Waals surface area contributed by atoms with E-state index in [0.717, 1.165) is 76.2 Å². The van der Waals surface area contributed by atoms with Gasteiger partial charge in [-0.05, 0) is 73.0 Å². The van der Waals surface area contributed by atoms with Crippen molar-refractivity contribution in [2.24, 2.45) is 0 Å². The second kappa shape index (κ2) is 12.4. The Bertz CT molecular complexity index is 1120. The van der Waals surface area contributed by atoms with Gasteiger partial charge in [-0.15, -0.1) is 0 Å². The number of esters is 1. The summed E-state index contributed by atoms with van der Waals surface area (Å²) in [5.74, 6) is -5.03. The molecule has 0 saturated heterocycles. The van der Waals surface area contributed by atoms with Crippen LogP contribution >= 0.6 is 0 Å². The van der Waals surface area contributed by atoms with Crippen molar-refractivity contribution in [2.75, 3.05) is 5.75 Å². The van der Waals surface area contributed by atoms with Crippen molar-refractivity contribution in [2.45, 2.75) is 132 Å². The van der Waals surface area contributed by atoms with E-state index < -0.39 is 39.8 Å². The van der Waals surface area contributed by atoms with E-state index in [-0.39, 0.29) is 23.3 Å². The van der Waals surface area contributed by atoms with E-state index in [1.165, 1.54) is 0 Å². The molecular formula is C29H38F6O5S. The van der Waals surface area contributed by atoms with E-state index >= 15 is 0 Å². The van der Waals surface area contributed by atoms with Gasteiger partial charge in [0.15, 0.2) is 0 Å². The summed E-state index contributed by atoms with van der Waals surface area (Å²) in [5, 5.41) is 0. The van der Waals surface area contributed by atoms with Crippen molar-refractivity contribution in [1.82, 2.24) is 0 Å². The molecule has 41 heavy (non-hydrogen) atoms. The lowest BCUT2D eigenvalue weighted by Gasteiger charge is -2.37. The van der Waals surface area contributed by atoms with E-state index in [1.807, 2.05) is 0 Å². The Morgan fingerprint density at radius 2 is 1.07 bits per heavy atom. The van der Waals surface area contributed by atoms with Crippen molar-refractivity contribution < 1.29 is 48.8 Å². The molecule has 3 aliphatic rings. The quantitative estimate of drug-likeness (QED) is 0.189. The molecule has 4 rings (SSSR count). The molecule has 232 valence electrons. The Morgan fingerprint density at radius 3 is 1.41 bits per heavy atom. The van der Waals surface area contributed by atoms with E-state index in [4.69, 9.17) is 4.55 Å². The van der Waals surface area contributed by atoms with Crippen molar-refractivity contribution >= 4 is 16.1 Å². The van der Waals surface area contributed by atoms with E-state index in [9.17, 15) is 39.6 Å². The molecule has 1 aromatic carbocycles. The van der Waals surface area contributed by atoms with Crippen LogP contribution in [0.15, 0.2) is 12.1 Å². The number of benzene rings is 1. The summed E-state index contributed by atoms with van der Waals surface area (Å²) in [5.41, 5.74) is -3.96. The molecule has 3 saturated carbocycles. The minimum absolute atomic E-state index is 0.183. The van der Waals surface area contributed by atoms with Crippen LogP contribution in [-0.2, 0) is 14.9 Å². The van der Waals surface area contributed by atoms with Gasteiger partial charge in [0, 0.05) is 0 Å². The predicted molar refractivity (Wildman–Crippen MR) is 141 cm³/mol. The lowest BCUT2D eigenvalue weighted by atomic mass is 9.73. The molecule has 0 bridgehead atoms. The van der Waals surface area contributed by atoms with Crippen molar-refractivity contribution in [3.8, 4) is 0 Å². The van der Waals surface area contributed by atoms with Gasteiger partial charge >= 0.3 is 23.9 Å². The maximum absolute atomic E-state index is 14.1. The number of halogens is 6. The molecule has 0 heterocycles. The number of alkyl halides is 6. The third-order valence-corrected chi connectivity index (χ3v) is 9.93. The molecule has 0 amide bonds. The van der Waals surface area contributed by atoms with Gasteiger partial charge < -0.3 is 4.74 Å². The zero-order chi connectivity index (χ0) is 30.1. The molecule has 3 aliphatic carbocycles. The summed E-state index contributed by atoms with van der Waals surface area (Å²) in [6, 6.07) is 3.58. The number of ether oxygens (including phenoxy) is 1. The number of hydrogen-bond donors (Lipinski definition) is 1. The predicted octanol–water partition coefficient (Wildman–Crippen LogP) is 8.74. The van der Waals surface area contributed by atoms with Crippen LogP contribution in [0.5, 0.6) is 0 Å². The first-order valence-corrected chi connectivity index (χ1v) is 16.2. The molecule has 0 atom stereocenters.